The molecule has 96 valence electrons. The van der Waals surface area contributed by atoms with E-state index in [9.17, 15) is 0 Å². The Morgan fingerprint density at radius 1 is 1.18 bits per heavy atom. The molecule has 0 aliphatic heterocycles. The van der Waals surface area contributed by atoms with Gasteiger partial charge in [0.1, 0.15) is 0 Å². The van der Waals surface area contributed by atoms with Gasteiger partial charge >= 0.3 is 0 Å². The number of nitrogens with one attached hydrogen (secondary N) is 1. The lowest BCUT2D eigenvalue weighted by Gasteiger charge is -2.11. The Bertz CT molecular complexity index is 320. The fourth-order valence-corrected chi connectivity index (χ4v) is 1.59. The average Bonchev–Trinajstić information content (AvgIpc) is 2.28. The maximum Gasteiger partial charge on any atom is 0.0639 e. The highest BCUT2D eigenvalue weighted by Gasteiger charge is 1.99. The van der Waals surface area contributed by atoms with Crippen LogP contribution in [-0.4, -0.2) is 19.8 Å². The molecule has 0 aromatic heterocycles. The van der Waals surface area contributed by atoms with E-state index in [0.29, 0.717) is 11.8 Å². The SMILES string of the molecule is CC(C)COCCNc1cccc(C(C)C)c1. The highest BCUT2D eigenvalue weighted by atomic mass is 16.5. The van der Waals surface area contributed by atoms with Gasteiger partial charge in [-0.2, -0.15) is 0 Å². The van der Waals surface area contributed by atoms with Crippen molar-refractivity contribution in [1.82, 2.24) is 0 Å². The molecule has 0 fully saturated rings. The van der Waals surface area contributed by atoms with Gasteiger partial charge < -0.3 is 10.1 Å². The number of hydrogen-bond donors (Lipinski definition) is 1. The van der Waals surface area contributed by atoms with Gasteiger partial charge in [0.25, 0.3) is 0 Å². The lowest BCUT2D eigenvalue weighted by molar-refractivity contribution is 0.118. The standard InChI is InChI=1S/C15H25NO/c1-12(2)11-17-9-8-16-15-7-5-6-14(10-15)13(3)4/h5-7,10,12-13,16H,8-9,11H2,1-4H3. The van der Waals surface area contributed by atoms with Crippen molar-refractivity contribution in [2.45, 2.75) is 33.6 Å². The van der Waals surface area contributed by atoms with Crippen LogP contribution in [0.25, 0.3) is 0 Å². The summed E-state index contributed by atoms with van der Waals surface area (Å²) in [5.74, 6) is 1.19. The van der Waals surface area contributed by atoms with Crippen LogP contribution in [0.15, 0.2) is 24.3 Å². The molecule has 0 aliphatic rings. The first-order chi connectivity index (χ1) is 8.09. The minimum atomic E-state index is 0.578. The molecule has 2 heteroatoms. The van der Waals surface area contributed by atoms with Gasteiger partial charge in [-0.3, -0.25) is 0 Å². The largest absolute Gasteiger partial charge is 0.383 e. The highest BCUT2D eigenvalue weighted by Crippen LogP contribution is 2.18. The van der Waals surface area contributed by atoms with E-state index in [-0.39, 0.29) is 0 Å². The first kappa shape index (κ1) is 14.0. The monoisotopic (exact) mass is 235 g/mol. The molecule has 0 unspecified atom stereocenters. The van der Waals surface area contributed by atoms with E-state index in [4.69, 9.17) is 4.74 Å². The Kier molecular flexibility index (Phi) is 6.06. The maximum atomic E-state index is 5.53. The molecule has 0 heterocycles. The van der Waals surface area contributed by atoms with Gasteiger partial charge in [-0.05, 0) is 29.5 Å². The van der Waals surface area contributed by atoms with Crippen LogP contribution in [-0.2, 0) is 4.74 Å². The Labute approximate surface area is 105 Å². The lowest BCUT2D eigenvalue weighted by Crippen LogP contribution is -2.12. The molecule has 2 nitrogen and oxygen atoms in total. The number of benzene rings is 1. The number of rotatable bonds is 7. The van der Waals surface area contributed by atoms with Gasteiger partial charge in [0.15, 0.2) is 0 Å². The predicted molar refractivity (Wildman–Crippen MR) is 74.7 cm³/mol. The van der Waals surface area contributed by atoms with Gasteiger partial charge in [-0.15, -0.1) is 0 Å². The van der Waals surface area contributed by atoms with Crippen molar-refractivity contribution in [3.8, 4) is 0 Å². The van der Waals surface area contributed by atoms with Gasteiger partial charge in [-0.1, -0.05) is 39.8 Å². The molecular formula is C15H25NO. The predicted octanol–water partition coefficient (Wildman–Crippen LogP) is 3.89. The Morgan fingerprint density at radius 2 is 1.94 bits per heavy atom. The van der Waals surface area contributed by atoms with Gasteiger partial charge in [0.2, 0.25) is 0 Å². The number of anilines is 1. The van der Waals surface area contributed by atoms with Gasteiger partial charge in [0.05, 0.1) is 6.61 Å². The molecule has 0 bridgehead atoms. The summed E-state index contributed by atoms with van der Waals surface area (Å²) in [4.78, 5) is 0. The van der Waals surface area contributed by atoms with E-state index < -0.39 is 0 Å². The molecule has 0 spiro atoms. The third-order valence-electron chi connectivity index (χ3n) is 2.58. The Balaban J connectivity index is 2.29. The van der Waals surface area contributed by atoms with Crippen molar-refractivity contribution in [1.29, 1.82) is 0 Å². The summed E-state index contributed by atoms with van der Waals surface area (Å²) in [5, 5.41) is 3.39. The molecule has 1 N–H and O–H groups in total. The van der Waals surface area contributed by atoms with Crippen LogP contribution in [0.3, 0.4) is 0 Å². The fourth-order valence-electron chi connectivity index (χ4n) is 1.59. The zero-order valence-electron chi connectivity index (χ0n) is 11.5. The molecule has 0 atom stereocenters. The minimum absolute atomic E-state index is 0.578. The van der Waals surface area contributed by atoms with Crippen LogP contribution in [0.4, 0.5) is 5.69 Å². The van der Waals surface area contributed by atoms with Crippen molar-refractivity contribution < 1.29 is 4.74 Å². The molecule has 0 amide bonds. The van der Waals surface area contributed by atoms with Crippen molar-refractivity contribution >= 4 is 5.69 Å². The summed E-state index contributed by atoms with van der Waals surface area (Å²) in [6.07, 6.45) is 0. The second kappa shape index (κ2) is 7.33. The third kappa shape index (κ3) is 5.73. The minimum Gasteiger partial charge on any atom is -0.383 e. The second-order valence-corrected chi connectivity index (χ2v) is 5.18. The third-order valence-corrected chi connectivity index (χ3v) is 2.58. The van der Waals surface area contributed by atoms with Crippen LogP contribution >= 0.6 is 0 Å². The fraction of sp³-hybridized carbons (Fsp3) is 0.600. The first-order valence-corrected chi connectivity index (χ1v) is 6.51. The maximum absolute atomic E-state index is 5.53. The van der Waals surface area contributed by atoms with Crippen LogP contribution in [0.2, 0.25) is 0 Å². The van der Waals surface area contributed by atoms with E-state index >= 15 is 0 Å². The molecule has 1 rings (SSSR count). The van der Waals surface area contributed by atoms with Crippen molar-refractivity contribution in [2.75, 3.05) is 25.1 Å². The molecule has 1 aromatic rings. The van der Waals surface area contributed by atoms with Crippen molar-refractivity contribution in [2.24, 2.45) is 5.92 Å². The summed E-state index contributed by atoms with van der Waals surface area (Å²) in [5.41, 5.74) is 2.56. The average molecular weight is 235 g/mol. The molecule has 17 heavy (non-hydrogen) atoms. The molecule has 0 aliphatic carbocycles. The van der Waals surface area contributed by atoms with Crippen molar-refractivity contribution in [3.63, 3.8) is 0 Å². The summed E-state index contributed by atoms with van der Waals surface area (Å²) >= 11 is 0. The first-order valence-electron chi connectivity index (χ1n) is 6.51. The summed E-state index contributed by atoms with van der Waals surface area (Å²) < 4.78 is 5.53. The Hall–Kier alpha value is -1.02. The van der Waals surface area contributed by atoms with E-state index in [1.54, 1.807) is 0 Å². The number of ether oxygens (including phenoxy) is 1. The highest BCUT2D eigenvalue weighted by molar-refractivity contribution is 5.46. The Morgan fingerprint density at radius 3 is 2.59 bits per heavy atom. The molecule has 0 saturated carbocycles. The summed E-state index contributed by atoms with van der Waals surface area (Å²) in [7, 11) is 0. The van der Waals surface area contributed by atoms with Crippen LogP contribution in [0, 0.1) is 5.92 Å². The van der Waals surface area contributed by atoms with Crippen LogP contribution < -0.4 is 5.32 Å². The van der Waals surface area contributed by atoms with E-state index in [1.807, 2.05) is 0 Å². The normalized spacial score (nSPS) is 11.2. The summed E-state index contributed by atoms with van der Waals surface area (Å²) in [6, 6.07) is 8.60. The molecule has 0 radical (unpaired) electrons. The van der Waals surface area contributed by atoms with Crippen LogP contribution in [0.5, 0.6) is 0 Å². The number of hydrogen-bond acceptors (Lipinski definition) is 2. The van der Waals surface area contributed by atoms with Gasteiger partial charge in [-0.25, -0.2) is 0 Å². The van der Waals surface area contributed by atoms with Gasteiger partial charge in [0, 0.05) is 18.8 Å². The molecule has 1 aromatic carbocycles. The van der Waals surface area contributed by atoms with Crippen LogP contribution in [0.1, 0.15) is 39.2 Å². The van der Waals surface area contributed by atoms with Crippen molar-refractivity contribution in [3.05, 3.63) is 29.8 Å². The molecule has 0 saturated heterocycles. The summed E-state index contributed by atoms with van der Waals surface area (Å²) in [6.45, 7) is 11.2. The van der Waals surface area contributed by atoms with E-state index in [0.717, 1.165) is 19.8 Å². The zero-order valence-corrected chi connectivity index (χ0v) is 11.5. The second-order valence-electron chi connectivity index (χ2n) is 5.18. The smallest absolute Gasteiger partial charge is 0.0639 e. The van der Waals surface area contributed by atoms with E-state index in [1.165, 1.54) is 11.3 Å². The quantitative estimate of drug-likeness (QED) is 0.724. The molecular weight excluding hydrogens is 210 g/mol. The van der Waals surface area contributed by atoms with E-state index in [2.05, 4.69) is 57.3 Å². The topological polar surface area (TPSA) is 21.3 Å². The lowest BCUT2D eigenvalue weighted by atomic mass is 10.0. The zero-order chi connectivity index (χ0) is 12.7.